The second kappa shape index (κ2) is 6.48. The molecule has 5 heteroatoms. The fourth-order valence-corrected chi connectivity index (χ4v) is 4.51. The minimum absolute atomic E-state index is 0.0933. The largest absolute Gasteiger partial charge is 0.298 e. The van der Waals surface area contributed by atoms with Crippen LogP contribution in [0.3, 0.4) is 0 Å². The lowest BCUT2D eigenvalue weighted by molar-refractivity contribution is -0.116. The number of benzene rings is 1. The first-order valence-electron chi connectivity index (χ1n) is 6.92. The van der Waals surface area contributed by atoms with Gasteiger partial charge in [-0.15, -0.1) is 0 Å². The van der Waals surface area contributed by atoms with E-state index in [0.717, 1.165) is 25.7 Å². The van der Waals surface area contributed by atoms with Crippen LogP contribution in [0.15, 0.2) is 24.3 Å². The summed E-state index contributed by atoms with van der Waals surface area (Å²) in [6.45, 7) is 0. The van der Waals surface area contributed by atoms with Gasteiger partial charge in [0.15, 0.2) is 15.6 Å². The van der Waals surface area contributed by atoms with Crippen molar-refractivity contribution in [1.82, 2.24) is 0 Å². The topological polar surface area (TPSA) is 51.2 Å². The SMILES string of the molecule is O=C(Cc1ccccc1F)CS(=O)(=O)CC1CCCC1. The number of carbonyl (C=O) groups excluding carboxylic acids is 1. The highest BCUT2D eigenvalue weighted by Gasteiger charge is 2.24. The molecule has 0 heterocycles. The Morgan fingerprint density at radius 3 is 2.50 bits per heavy atom. The number of hydrogen-bond acceptors (Lipinski definition) is 3. The third-order valence-electron chi connectivity index (χ3n) is 3.69. The fourth-order valence-electron chi connectivity index (χ4n) is 2.75. The van der Waals surface area contributed by atoms with Crippen LogP contribution in [-0.2, 0) is 21.1 Å². The summed E-state index contributed by atoms with van der Waals surface area (Å²) in [5, 5.41) is 0. The Kier molecular flexibility index (Phi) is 4.91. The van der Waals surface area contributed by atoms with Gasteiger partial charge in [0.2, 0.25) is 0 Å². The van der Waals surface area contributed by atoms with Gasteiger partial charge in [-0.05, 0) is 30.4 Å². The average molecular weight is 298 g/mol. The molecule has 2 rings (SSSR count). The molecule has 0 bridgehead atoms. The van der Waals surface area contributed by atoms with Crippen molar-refractivity contribution in [1.29, 1.82) is 0 Å². The first-order valence-corrected chi connectivity index (χ1v) is 8.74. The van der Waals surface area contributed by atoms with E-state index in [1.165, 1.54) is 12.1 Å². The quantitative estimate of drug-likeness (QED) is 0.811. The highest BCUT2D eigenvalue weighted by atomic mass is 32.2. The van der Waals surface area contributed by atoms with Gasteiger partial charge in [0.1, 0.15) is 11.6 Å². The highest BCUT2D eigenvalue weighted by molar-refractivity contribution is 7.92. The molecule has 0 N–H and O–H groups in total. The van der Waals surface area contributed by atoms with E-state index in [-0.39, 0.29) is 23.7 Å². The zero-order valence-corrected chi connectivity index (χ0v) is 12.2. The van der Waals surface area contributed by atoms with E-state index in [2.05, 4.69) is 0 Å². The van der Waals surface area contributed by atoms with Gasteiger partial charge >= 0.3 is 0 Å². The molecule has 0 aromatic heterocycles. The summed E-state index contributed by atoms with van der Waals surface area (Å²) in [4.78, 5) is 11.8. The number of Topliss-reactive ketones (excluding diaryl/α,β-unsaturated/α-hetero) is 1. The molecule has 110 valence electrons. The van der Waals surface area contributed by atoms with E-state index in [4.69, 9.17) is 0 Å². The molecule has 1 saturated carbocycles. The van der Waals surface area contributed by atoms with Crippen molar-refractivity contribution in [3.63, 3.8) is 0 Å². The molecule has 0 saturated heterocycles. The molecule has 3 nitrogen and oxygen atoms in total. The Hall–Kier alpha value is -1.23. The molecule has 0 unspecified atom stereocenters. The van der Waals surface area contributed by atoms with Crippen molar-refractivity contribution in [2.75, 3.05) is 11.5 Å². The van der Waals surface area contributed by atoms with Crippen LogP contribution in [0.4, 0.5) is 4.39 Å². The van der Waals surface area contributed by atoms with Gasteiger partial charge in [-0.3, -0.25) is 4.79 Å². The Morgan fingerprint density at radius 2 is 1.85 bits per heavy atom. The van der Waals surface area contributed by atoms with E-state index < -0.39 is 27.2 Å². The Bertz CT molecular complexity index is 575. The summed E-state index contributed by atoms with van der Waals surface area (Å²) in [7, 11) is -3.37. The third kappa shape index (κ3) is 4.40. The van der Waals surface area contributed by atoms with Crippen LogP contribution in [0.2, 0.25) is 0 Å². The summed E-state index contributed by atoms with van der Waals surface area (Å²) in [6.07, 6.45) is 3.85. The highest BCUT2D eigenvalue weighted by Crippen LogP contribution is 2.26. The van der Waals surface area contributed by atoms with Crippen molar-refractivity contribution in [3.8, 4) is 0 Å². The van der Waals surface area contributed by atoms with Crippen LogP contribution in [0.5, 0.6) is 0 Å². The maximum absolute atomic E-state index is 13.4. The maximum atomic E-state index is 13.4. The lowest BCUT2D eigenvalue weighted by Gasteiger charge is -2.09. The number of carbonyl (C=O) groups is 1. The molecule has 1 aliphatic carbocycles. The number of hydrogen-bond donors (Lipinski definition) is 0. The van der Waals surface area contributed by atoms with Gasteiger partial charge in [0.25, 0.3) is 0 Å². The van der Waals surface area contributed by atoms with Crippen LogP contribution in [-0.4, -0.2) is 25.7 Å². The fraction of sp³-hybridized carbons (Fsp3) is 0.533. The third-order valence-corrected chi connectivity index (χ3v) is 5.43. The molecule has 20 heavy (non-hydrogen) atoms. The second-order valence-electron chi connectivity index (χ2n) is 5.51. The van der Waals surface area contributed by atoms with E-state index in [9.17, 15) is 17.6 Å². The summed E-state index contributed by atoms with van der Waals surface area (Å²) in [5.41, 5.74) is 0.258. The molecule has 1 aromatic carbocycles. The van der Waals surface area contributed by atoms with Gasteiger partial charge in [-0.1, -0.05) is 31.0 Å². The van der Waals surface area contributed by atoms with Crippen molar-refractivity contribution in [2.45, 2.75) is 32.1 Å². The van der Waals surface area contributed by atoms with Crippen molar-refractivity contribution >= 4 is 15.6 Å². The van der Waals surface area contributed by atoms with Crippen LogP contribution in [0.1, 0.15) is 31.2 Å². The summed E-state index contributed by atoms with van der Waals surface area (Å²) in [5.74, 6) is -1.09. The lowest BCUT2D eigenvalue weighted by Crippen LogP contribution is -2.23. The van der Waals surface area contributed by atoms with Gasteiger partial charge in [-0.25, -0.2) is 12.8 Å². The molecule has 0 aliphatic heterocycles. The summed E-state index contributed by atoms with van der Waals surface area (Å²) < 4.78 is 37.3. The summed E-state index contributed by atoms with van der Waals surface area (Å²) >= 11 is 0. The predicted molar refractivity (Wildman–Crippen MR) is 75.7 cm³/mol. The van der Waals surface area contributed by atoms with Crippen LogP contribution >= 0.6 is 0 Å². The van der Waals surface area contributed by atoms with Gasteiger partial charge in [0, 0.05) is 6.42 Å². The number of rotatable bonds is 6. The molecule has 0 radical (unpaired) electrons. The first kappa shape index (κ1) is 15.2. The van der Waals surface area contributed by atoms with Crippen molar-refractivity contribution in [3.05, 3.63) is 35.6 Å². The zero-order chi connectivity index (χ0) is 14.6. The number of sulfone groups is 1. The second-order valence-corrected chi connectivity index (χ2v) is 7.62. The number of halogens is 1. The molecule has 1 aromatic rings. The standard InChI is InChI=1S/C15H19FO3S/c16-15-8-4-3-7-13(15)9-14(17)11-20(18,19)10-12-5-1-2-6-12/h3-4,7-8,12H,1-2,5-6,9-11H2. The maximum Gasteiger partial charge on any atom is 0.157 e. The molecule has 1 aliphatic rings. The molecule has 1 fully saturated rings. The van der Waals surface area contributed by atoms with Gasteiger partial charge < -0.3 is 0 Å². The van der Waals surface area contributed by atoms with E-state index in [1.54, 1.807) is 12.1 Å². The monoisotopic (exact) mass is 298 g/mol. The molecule has 0 spiro atoms. The minimum atomic E-state index is -3.37. The van der Waals surface area contributed by atoms with Crippen molar-refractivity contribution in [2.24, 2.45) is 5.92 Å². The lowest BCUT2D eigenvalue weighted by atomic mass is 10.1. The zero-order valence-electron chi connectivity index (χ0n) is 11.3. The smallest absolute Gasteiger partial charge is 0.157 e. The minimum Gasteiger partial charge on any atom is -0.298 e. The van der Waals surface area contributed by atoms with E-state index in [0.29, 0.717) is 0 Å². The first-order chi connectivity index (χ1) is 9.46. The van der Waals surface area contributed by atoms with Crippen LogP contribution in [0.25, 0.3) is 0 Å². The normalized spacial score (nSPS) is 16.4. The van der Waals surface area contributed by atoms with E-state index >= 15 is 0 Å². The molecular formula is C15H19FO3S. The van der Waals surface area contributed by atoms with Gasteiger partial charge in [-0.2, -0.15) is 0 Å². The Morgan fingerprint density at radius 1 is 1.20 bits per heavy atom. The van der Waals surface area contributed by atoms with Gasteiger partial charge in [0.05, 0.1) is 5.75 Å². The molecular weight excluding hydrogens is 279 g/mol. The Balaban J connectivity index is 1.92. The number of ketones is 1. The molecule has 0 atom stereocenters. The predicted octanol–water partition coefficient (Wildman–Crippen LogP) is 2.54. The van der Waals surface area contributed by atoms with Crippen LogP contribution < -0.4 is 0 Å². The van der Waals surface area contributed by atoms with Crippen molar-refractivity contribution < 1.29 is 17.6 Å². The summed E-state index contributed by atoms with van der Waals surface area (Å²) in [6, 6.07) is 5.96. The van der Waals surface area contributed by atoms with E-state index in [1.807, 2.05) is 0 Å². The van der Waals surface area contributed by atoms with Crippen LogP contribution in [0, 0.1) is 11.7 Å². The average Bonchev–Trinajstić information content (AvgIpc) is 2.83. The molecule has 0 amide bonds. The Labute approximate surface area is 119 Å².